The van der Waals surface area contributed by atoms with Gasteiger partial charge < -0.3 is 5.32 Å². The fourth-order valence-corrected chi connectivity index (χ4v) is 2.34. The molecule has 0 radical (unpaired) electrons. The van der Waals surface area contributed by atoms with Crippen LogP contribution in [0.25, 0.3) is 0 Å². The van der Waals surface area contributed by atoms with Crippen LogP contribution in [0.1, 0.15) is 30.6 Å². The van der Waals surface area contributed by atoms with E-state index in [1.165, 1.54) is 18.2 Å². The van der Waals surface area contributed by atoms with Crippen LogP contribution in [0.15, 0.2) is 23.1 Å². The Morgan fingerprint density at radius 2 is 2.11 bits per heavy atom. The predicted octanol–water partition coefficient (Wildman–Crippen LogP) is 1.52. The van der Waals surface area contributed by atoms with E-state index in [9.17, 15) is 13.2 Å². The van der Waals surface area contributed by atoms with E-state index in [0.717, 1.165) is 6.42 Å². The SMILES string of the molecule is CC[C@@H](C)NC(=O)c1ccc(Cl)c(S(N)(=O)=O)c1. The molecular weight excluding hydrogens is 276 g/mol. The summed E-state index contributed by atoms with van der Waals surface area (Å²) in [5.74, 6) is -0.356. The number of amides is 1. The van der Waals surface area contributed by atoms with Crippen LogP contribution in [0.2, 0.25) is 5.02 Å². The lowest BCUT2D eigenvalue weighted by Gasteiger charge is -2.12. The minimum absolute atomic E-state index is 0.00223. The second-order valence-corrected chi connectivity index (χ2v) is 5.91. The number of carbonyl (C=O) groups excluding carboxylic acids is 1. The first-order valence-electron chi connectivity index (χ1n) is 5.39. The van der Waals surface area contributed by atoms with Crippen molar-refractivity contribution in [2.75, 3.05) is 0 Å². The molecule has 7 heteroatoms. The van der Waals surface area contributed by atoms with E-state index in [1.54, 1.807) is 0 Å². The van der Waals surface area contributed by atoms with Gasteiger partial charge in [0.15, 0.2) is 0 Å². The molecule has 0 aliphatic heterocycles. The summed E-state index contributed by atoms with van der Waals surface area (Å²) in [7, 11) is -3.94. The second kappa shape index (κ2) is 5.69. The second-order valence-electron chi connectivity index (χ2n) is 3.97. The highest BCUT2D eigenvalue weighted by Gasteiger charge is 2.16. The number of sulfonamides is 1. The van der Waals surface area contributed by atoms with Gasteiger partial charge in [0.2, 0.25) is 10.0 Å². The van der Waals surface area contributed by atoms with Crippen molar-refractivity contribution in [1.82, 2.24) is 5.32 Å². The maximum Gasteiger partial charge on any atom is 0.251 e. The molecule has 1 amide bonds. The molecule has 0 aromatic heterocycles. The highest BCUT2D eigenvalue weighted by molar-refractivity contribution is 7.89. The molecule has 3 N–H and O–H groups in total. The van der Waals surface area contributed by atoms with Crippen LogP contribution in [-0.4, -0.2) is 20.4 Å². The summed E-state index contributed by atoms with van der Waals surface area (Å²) in [6.07, 6.45) is 0.779. The largest absolute Gasteiger partial charge is 0.350 e. The van der Waals surface area contributed by atoms with E-state index in [2.05, 4.69) is 5.32 Å². The number of benzene rings is 1. The van der Waals surface area contributed by atoms with Crippen molar-refractivity contribution in [3.63, 3.8) is 0 Å². The summed E-state index contributed by atoms with van der Waals surface area (Å²) in [6.45, 7) is 3.79. The zero-order valence-corrected chi connectivity index (χ0v) is 11.7. The molecule has 5 nitrogen and oxygen atoms in total. The molecule has 0 unspecified atom stereocenters. The van der Waals surface area contributed by atoms with Gasteiger partial charge in [0.1, 0.15) is 4.90 Å². The van der Waals surface area contributed by atoms with Crippen LogP contribution >= 0.6 is 11.6 Å². The Balaban J connectivity index is 3.10. The molecule has 100 valence electrons. The molecule has 0 saturated carbocycles. The summed E-state index contributed by atoms with van der Waals surface area (Å²) in [5.41, 5.74) is 0.212. The first-order valence-corrected chi connectivity index (χ1v) is 7.31. The van der Waals surface area contributed by atoms with Gasteiger partial charge in [0.25, 0.3) is 5.91 Å². The van der Waals surface area contributed by atoms with Gasteiger partial charge in [-0.1, -0.05) is 18.5 Å². The van der Waals surface area contributed by atoms with Crippen molar-refractivity contribution in [1.29, 1.82) is 0 Å². The lowest BCUT2D eigenvalue weighted by molar-refractivity contribution is 0.0939. The Hall–Kier alpha value is -1.11. The molecule has 0 fully saturated rings. The fourth-order valence-electron chi connectivity index (χ4n) is 1.27. The number of nitrogens with two attached hydrogens (primary N) is 1. The number of nitrogens with one attached hydrogen (secondary N) is 1. The number of carbonyl (C=O) groups is 1. The molecule has 0 saturated heterocycles. The van der Waals surface area contributed by atoms with E-state index in [-0.39, 0.29) is 27.4 Å². The normalized spacial score (nSPS) is 13.1. The maximum atomic E-state index is 11.8. The van der Waals surface area contributed by atoms with Gasteiger partial charge in [0.05, 0.1) is 5.02 Å². The highest BCUT2D eigenvalue weighted by atomic mass is 35.5. The minimum Gasteiger partial charge on any atom is -0.350 e. The Kier molecular flexibility index (Phi) is 4.72. The van der Waals surface area contributed by atoms with Crippen molar-refractivity contribution < 1.29 is 13.2 Å². The van der Waals surface area contributed by atoms with E-state index in [1.807, 2.05) is 13.8 Å². The van der Waals surface area contributed by atoms with Crippen molar-refractivity contribution in [3.8, 4) is 0 Å². The van der Waals surface area contributed by atoms with E-state index in [0.29, 0.717) is 0 Å². The highest BCUT2D eigenvalue weighted by Crippen LogP contribution is 2.21. The summed E-state index contributed by atoms with van der Waals surface area (Å²) < 4.78 is 22.5. The number of primary sulfonamides is 1. The van der Waals surface area contributed by atoms with Crippen molar-refractivity contribution >= 4 is 27.5 Å². The molecule has 1 atom stereocenters. The average molecular weight is 291 g/mol. The molecule has 0 aliphatic carbocycles. The third-order valence-corrected chi connectivity index (χ3v) is 3.88. The smallest absolute Gasteiger partial charge is 0.251 e. The van der Waals surface area contributed by atoms with Crippen LogP contribution < -0.4 is 10.5 Å². The van der Waals surface area contributed by atoms with Gasteiger partial charge in [-0.2, -0.15) is 0 Å². The summed E-state index contributed by atoms with van der Waals surface area (Å²) in [5, 5.41) is 7.73. The van der Waals surface area contributed by atoms with Crippen LogP contribution in [-0.2, 0) is 10.0 Å². The molecule has 1 rings (SSSR count). The van der Waals surface area contributed by atoms with E-state index >= 15 is 0 Å². The van der Waals surface area contributed by atoms with Gasteiger partial charge in [-0.05, 0) is 31.5 Å². The topological polar surface area (TPSA) is 89.3 Å². The Labute approximate surface area is 111 Å². The number of hydrogen-bond donors (Lipinski definition) is 2. The standard InChI is InChI=1S/C11H15ClN2O3S/c1-3-7(2)14-11(15)8-4-5-9(12)10(6-8)18(13,16)17/h4-7H,3H2,1-2H3,(H,14,15)(H2,13,16,17)/t7-/m1/s1. The fraction of sp³-hybridized carbons (Fsp3) is 0.364. The van der Waals surface area contributed by atoms with Crippen LogP contribution in [0, 0.1) is 0 Å². The van der Waals surface area contributed by atoms with Crippen LogP contribution in [0.5, 0.6) is 0 Å². The number of hydrogen-bond acceptors (Lipinski definition) is 3. The Morgan fingerprint density at radius 3 is 2.61 bits per heavy atom. The maximum absolute atomic E-state index is 11.8. The first-order chi connectivity index (χ1) is 8.25. The molecule has 0 bridgehead atoms. The minimum atomic E-state index is -3.94. The molecule has 1 aromatic rings. The summed E-state index contributed by atoms with van der Waals surface area (Å²) in [6, 6.07) is 3.97. The lowest BCUT2D eigenvalue weighted by Crippen LogP contribution is -2.32. The molecular formula is C11H15ClN2O3S. The first kappa shape index (κ1) is 14.9. The zero-order valence-electron chi connectivity index (χ0n) is 10.1. The number of rotatable bonds is 4. The van der Waals surface area contributed by atoms with Gasteiger partial charge in [-0.3, -0.25) is 4.79 Å². The van der Waals surface area contributed by atoms with E-state index < -0.39 is 10.0 Å². The lowest BCUT2D eigenvalue weighted by atomic mass is 10.2. The van der Waals surface area contributed by atoms with Gasteiger partial charge >= 0.3 is 0 Å². The molecule has 0 aliphatic rings. The van der Waals surface area contributed by atoms with E-state index in [4.69, 9.17) is 16.7 Å². The average Bonchev–Trinajstić information content (AvgIpc) is 2.27. The quantitative estimate of drug-likeness (QED) is 0.881. The van der Waals surface area contributed by atoms with Crippen molar-refractivity contribution in [2.24, 2.45) is 5.14 Å². The van der Waals surface area contributed by atoms with Crippen LogP contribution in [0.3, 0.4) is 0 Å². The predicted molar refractivity (Wildman–Crippen MR) is 70.0 cm³/mol. The molecule has 0 heterocycles. The Bertz CT molecular complexity index is 557. The third kappa shape index (κ3) is 3.69. The van der Waals surface area contributed by atoms with Gasteiger partial charge in [0, 0.05) is 11.6 Å². The van der Waals surface area contributed by atoms with Crippen molar-refractivity contribution in [3.05, 3.63) is 28.8 Å². The zero-order chi connectivity index (χ0) is 13.9. The third-order valence-electron chi connectivity index (χ3n) is 2.49. The van der Waals surface area contributed by atoms with Gasteiger partial charge in [-0.25, -0.2) is 13.6 Å². The Morgan fingerprint density at radius 1 is 1.50 bits per heavy atom. The monoisotopic (exact) mass is 290 g/mol. The summed E-state index contributed by atoms with van der Waals surface area (Å²) in [4.78, 5) is 11.6. The van der Waals surface area contributed by atoms with Crippen molar-refractivity contribution in [2.45, 2.75) is 31.2 Å². The summed E-state index contributed by atoms with van der Waals surface area (Å²) >= 11 is 5.73. The molecule has 18 heavy (non-hydrogen) atoms. The van der Waals surface area contributed by atoms with Crippen LogP contribution in [0.4, 0.5) is 0 Å². The number of halogens is 1. The molecule has 1 aromatic carbocycles. The molecule has 0 spiro atoms. The van der Waals surface area contributed by atoms with Gasteiger partial charge in [-0.15, -0.1) is 0 Å².